The van der Waals surface area contributed by atoms with Crippen molar-refractivity contribution in [3.8, 4) is 33.5 Å². The number of fused-ring (bicyclic) bond motifs is 1. The first-order chi connectivity index (χ1) is 17.2. The molecule has 0 atom stereocenters. The monoisotopic (exact) mass is 464 g/mol. The van der Waals surface area contributed by atoms with E-state index in [1.807, 2.05) is 47.5 Å². The zero-order valence-electron chi connectivity index (χ0n) is 19.3. The Morgan fingerprint density at radius 1 is 0.829 bits per heavy atom. The van der Waals surface area contributed by atoms with Gasteiger partial charge in [0.1, 0.15) is 5.82 Å². The first-order valence-electron chi connectivity index (χ1n) is 12.0. The van der Waals surface area contributed by atoms with Crippen LogP contribution in [0.3, 0.4) is 0 Å². The summed E-state index contributed by atoms with van der Waals surface area (Å²) in [6, 6.07) is 14.6. The molecule has 0 spiro atoms. The fraction of sp³-hybridized carbons (Fsp3) is 0.214. The first-order valence-corrected chi connectivity index (χ1v) is 12.0. The summed E-state index contributed by atoms with van der Waals surface area (Å²) >= 11 is 0. The summed E-state index contributed by atoms with van der Waals surface area (Å²) in [5.41, 5.74) is 5.41. The minimum absolute atomic E-state index is 0.311. The predicted molar refractivity (Wildman–Crippen MR) is 135 cm³/mol. The van der Waals surface area contributed by atoms with E-state index in [4.69, 9.17) is 0 Å². The largest absolute Gasteiger partial charge is 0.301 e. The van der Waals surface area contributed by atoms with Crippen molar-refractivity contribution in [2.24, 2.45) is 0 Å². The van der Waals surface area contributed by atoms with Gasteiger partial charge in [-0.2, -0.15) is 5.10 Å². The number of pyridine rings is 3. The third-order valence-corrected chi connectivity index (χ3v) is 6.59. The van der Waals surface area contributed by atoms with Crippen LogP contribution >= 0.6 is 0 Å². The van der Waals surface area contributed by atoms with E-state index in [9.17, 15) is 4.39 Å². The average molecular weight is 465 g/mol. The Labute approximate surface area is 203 Å². The van der Waals surface area contributed by atoms with Crippen LogP contribution in [0.1, 0.15) is 12.8 Å². The van der Waals surface area contributed by atoms with Gasteiger partial charge in [0.2, 0.25) is 0 Å². The van der Waals surface area contributed by atoms with Crippen molar-refractivity contribution in [2.75, 3.05) is 19.6 Å². The highest BCUT2D eigenvalue weighted by Crippen LogP contribution is 2.33. The fourth-order valence-corrected chi connectivity index (χ4v) is 4.73. The van der Waals surface area contributed by atoms with Crippen LogP contribution in [0.25, 0.3) is 44.5 Å². The summed E-state index contributed by atoms with van der Waals surface area (Å²) < 4.78 is 16.6. The SMILES string of the molecule is Fc1ccccc1-c1cc(-c2cncc(-c3cnn(CCN4CCCC4)c3)c2)c2cccnc2n1. The number of aromatic nitrogens is 5. The van der Waals surface area contributed by atoms with Crippen molar-refractivity contribution < 1.29 is 4.39 Å². The maximum absolute atomic E-state index is 14.6. The first kappa shape index (κ1) is 21.6. The molecule has 6 nitrogen and oxygen atoms in total. The van der Waals surface area contributed by atoms with Crippen LogP contribution in [-0.2, 0) is 6.54 Å². The van der Waals surface area contributed by atoms with Gasteiger partial charge in [0.15, 0.2) is 5.65 Å². The predicted octanol–water partition coefficient (Wildman–Crippen LogP) is 5.46. The van der Waals surface area contributed by atoms with Gasteiger partial charge in [-0.15, -0.1) is 0 Å². The third-order valence-electron chi connectivity index (χ3n) is 6.59. The molecule has 1 aromatic carbocycles. The Morgan fingerprint density at radius 2 is 1.69 bits per heavy atom. The topological polar surface area (TPSA) is 59.7 Å². The van der Waals surface area contributed by atoms with Crippen LogP contribution < -0.4 is 0 Å². The van der Waals surface area contributed by atoms with Gasteiger partial charge < -0.3 is 4.90 Å². The third kappa shape index (κ3) is 4.42. The van der Waals surface area contributed by atoms with Crippen LogP contribution in [0, 0.1) is 5.82 Å². The normalized spacial score (nSPS) is 14.1. The summed E-state index contributed by atoms with van der Waals surface area (Å²) in [5.74, 6) is -0.311. The molecule has 0 amide bonds. The summed E-state index contributed by atoms with van der Waals surface area (Å²) in [6.45, 7) is 4.27. The van der Waals surface area contributed by atoms with Crippen molar-refractivity contribution in [2.45, 2.75) is 19.4 Å². The van der Waals surface area contributed by atoms with E-state index in [-0.39, 0.29) is 5.82 Å². The Bertz CT molecular complexity index is 1490. The summed E-state index contributed by atoms with van der Waals surface area (Å²) in [6.07, 6.45) is 11.9. The summed E-state index contributed by atoms with van der Waals surface area (Å²) in [4.78, 5) is 16.1. The van der Waals surface area contributed by atoms with E-state index in [0.717, 1.165) is 40.7 Å². The molecule has 0 radical (unpaired) electrons. The van der Waals surface area contributed by atoms with Gasteiger partial charge in [-0.3, -0.25) is 9.67 Å². The second kappa shape index (κ2) is 9.35. The van der Waals surface area contributed by atoms with E-state index < -0.39 is 0 Å². The van der Waals surface area contributed by atoms with E-state index in [0.29, 0.717) is 16.9 Å². The maximum atomic E-state index is 14.6. The van der Waals surface area contributed by atoms with Gasteiger partial charge in [0.05, 0.1) is 18.4 Å². The molecule has 7 heteroatoms. The van der Waals surface area contributed by atoms with Gasteiger partial charge >= 0.3 is 0 Å². The number of nitrogens with zero attached hydrogens (tertiary/aromatic N) is 6. The molecule has 1 aliphatic rings. The molecule has 4 aromatic heterocycles. The Balaban J connectivity index is 1.36. The molecular formula is C28H25FN6. The van der Waals surface area contributed by atoms with Gasteiger partial charge in [-0.25, -0.2) is 14.4 Å². The fourth-order valence-electron chi connectivity index (χ4n) is 4.73. The molecule has 5 heterocycles. The van der Waals surface area contributed by atoms with Crippen molar-refractivity contribution in [1.29, 1.82) is 0 Å². The second-order valence-electron chi connectivity index (χ2n) is 8.91. The minimum atomic E-state index is -0.311. The highest BCUT2D eigenvalue weighted by Gasteiger charge is 2.15. The van der Waals surface area contributed by atoms with Crippen molar-refractivity contribution in [3.05, 3.63) is 85.3 Å². The summed E-state index contributed by atoms with van der Waals surface area (Å²) in [7, 11) is 0. The molecule has 0 N–H and O–H groups in total. The molecule has 1 fully saturated rings. The molecule has 5 aromatic rings. The number of hydrogen-bond acceptors (Lipinski definition) is 5. The molecule has 0 unspecified atom stereocenters. The van der Waals surface area contributed by atoms with Crippen LogP contribution in [0.5, 0.6) is 0 Å². The van der Waals surface area contributed by atoms with Crippen molar-refractivity contribution in [3.63, 3.8) is 0 Å². The molecule has 0 bridgehead atoms. The highest BCUT2D eigenvalue weighted by molar-refractivity contribution is 5.95. The lowest BCUT2D eigenvalue weighted by atomic mass is 9.99. The van der Waals surface area contributed by atoms with Crippen LogP contribution in [0.4, 0.5) is 4.39 Å². The highest BCUT2D eigenvalue weighted by atomic mass is 19.1. The van der Waals surface area contributed by atoms with Gasteiger partial charge in [0.25, 0.3) is 0 Å². The van der Waals surface area contributed by atoms with E-state index in [1.165, 1.54) is 32.0 Å². The van der Waals surface area contributed by atoms with E-state index in [1.54, 1.807) is 18.3 Å². The van der Waals surface area contributed by atoms with Crippen molar-refractivity contribution in [1.82, 2.24) is 29.6 Å². The van der Waals surface area contributed by atoms with Crippen molar-refractivity contribution >= 4 is 11.0 Å². The minimum Gasteiger partial charge on any atom is -0.301 e. The zero-order chi connectivity index (χ0) is 23.6. The molecule has 174 valence electrons. The molecule has 0 saturated carbocycles. The molecular weight excluding hydrogens is 439 g/mol. The smallest absolute Gasteiger partial charge is 0.160 e. The average Bonchev–Trinajstić information content (AvgIpc) is 3.60. The van der Waals surface area contributed by atoms with Crippen LogP contribution in [0.2, 0.25) is 0 Å². The number of hydrogen-bond donors (Lipinski definition) is 0. The quantitative estimate of drug-likeness (QED) is 0.334. The van der Waals surface area contributed by atoms with Crippen LogP contribution in [0.15, 0.2) is 79.5 Å². The molecule has 6 rings (SSSR count). The molecule has 35 heavy (non-hydrogen) atoms. The lowest BCUT2D eigenvalue weighted by Crippen LogP contribution is -2.24. The lowest BCUT2D eigenvalue weighted by Gasteiger charge is -2.13. The molecule has 0 aliphatic carbocycles. The summed E-state index contributed by atoms with van der Waals surface area (Å²) in [5, 5.41) is 5.47. The number of benzene rings is 1. The van der Waals surface area contributed by atoms with Gasteiger partial charge in [-0.05, 0) is 67.9 Å². The van der Waals surface area contributed by atoms with Crippen LogP contribution in [-0.4, -0.2) is 49.3 Å². The number of likely N-dealkylation sites (tertiary alicyclic amines) is 1. The van der Waals surface area contributed by atoms with E-state index in [2.05, 4.69) is 37.2 Å². The van der Waals surface area contributed by atoms with E-state index >= 15 is 0 Å². The molecule has 1 saturated heterocycles. The Kier molecular flexibility index (Phi) is 5.76. The Morgan fingerprint density at radius 3 is 2.57 bits per heavy atom. The maximum Gasteiger partial charge on any atom is 0.160 e. The standard InChI is InChI=1S/C28H25FN6/c29-26-8-2-1-6-24(26)27-15-25(23-7-5-9-31-28(23)33-27)21-14-20(16-30-17-21)22-18-32-35(19-22)13-12-34-10-3-4-11-34/h1-2,5-9,14-19H,3-4,10-13H2. The van der Waals surface area contributed by atoms with Gasteiger partial charge in [0, 0.05) is 59.0 Å². The number of rotatable bonds is 6. The number of halogens is 1. The Hall–Kier alpha value is -3.97. The second-order valence-corrected chi connectivity index (χ2v) is 8.91. The zero-order valence-corrected chi connectivity index (χ0v) is 19.3. The lowest BCUT2D eigenvalue weighted by molar-refractivity contribution is 0.316. The molecule has 1 aliphatic heterocycles. The van der Waals surface area contributed by atoms with Gasteiger partial charge in [-0.1, -0.05) is 12.1 Å².